The minimum atomic E-state index is -0.0270. The lowest BCUT2D eigenvalue weighted by molar-refractivity contribution is 0.0743. The first-order chi connectivity index (χ1) is 13.4. The summed E-state index contributed by atoms with van der Waals surface area (Å²) in [4.78, 5) is 26.3. The SMILES string of the molecule is COc1ccc(C(=O)N2CCN(c3cc(C)nc(C(C)C)n3)CC2)c(OC)c1. The molecule has 0 N–H and O–H groups in total. The highest BCUT2D eigenvalue weighted by Crippen LogP contribution is 2.26. The fourth-order valence-electron chi connectivity index (χ4n) is 3.28. The quantitative estimate of drug-likeness (QED) is 0.790. The molecule has 0 aliphatic carbocycles. The third-order valence-electron chi connectivity index (χ3n) is 4.90. The Labute approximate surface area is 166 Å². The van der Waals surface area contributed by atoms with Gasteiger partial charge in [-0.1, -0.05) is 13.8 Å². The van der Waals surface area contributed by atoms with Gasteiger partial charge in [-0.3, -0.25) is 4.79 Å². The predicted molar refractivity (Wildman–Crippen MR) is 109 cm³/mol. The van der Waals surface area contributed by atoms with E-state index in [0.29, 0.717) is 30.2 Å². The third-order valence-corrected chi connectivity index (χ3v) is 4.90. The second-order valence-electron chi connectivity index (χ2n) is 7.23. The lowest BCUT2D eigenvalue weighted by Gasteiger charge is -2.36. The van der Waals surface area contributed by atoms with E-state index in [4.69, 9.17) is 14.5 Å². The molecule has 1 aliphatic heterocycles. The van der Waals surface area contributed by atoms with E-state index in [1.54, 1.807) is 32.4 Å². The molecule has 7 heteroatoms. The van der Waals surface area contributed by atoms with Crippen LogP contribution in [0, 0.1) is 6.92 Å². The van der Waals surface area contributed by atoms with Gasteiger partial charge in [-0.15, -0.1) is 0 Å². The van der Waals surface area contributed by atoms with Crippen molar-refractivity contribution in [1.82, 2.24) is 14.9 Å². The molecule has 1 fully saturated rings. The highest BCUT2D eigenvalue weighted by atomic mass is 16.5. The van der Waals surface area contributed by atoms with Crippen molar-refractivity contribution in [1.29, 1.82) is 0 Å². The summed E-state index contributed by atoms with van der Waals surface area (Å²) >= 11 is 0. The van der Waals surface area contributed by atoms with E-state index in [1.165, 1.54) is 0 Å². The van der Waals surface area contributed by atoms with Crippen LogP contribution in [0.1, 0.15) is 41.6 Å². The molecule has 1 aromatic heterocycles. The van der Waals surface area contributed by atoms with Crippen molar-refractivity contribution in [3.05, 3.63) is 41.3 Å². The molecule has 1 aromatic carbocycles. The van der Waals surface area contributed by atoms with E-state index in [0.717, 1.165) is 30.4 Å². The van der Waals surface area contributed by atoms with Crippen LogP contribution in [0.4, 0.5) is 5.82 Å². The van der Waals surface area contributed by atoms with Crippen LogP contribution >= 0.6 is 0 Å². The molecule has 1 amide bonds. The van der Waals surface area contributed by atoms with Gasteiger partial charge in [0.25, 0.3) is 5.91 Å². The van der Waals surface area contributed by atoms with Gasteiger partial charge in [-0.25, -0.2) is 9.97 Å². The molecule has 2 heterocycles. The molecular weight excluding hydrogens is 356 g/mol. The van der Waals surface area contributed by atoms with Crippen molar-refractivity contribution in [2.75, 3.05) is 45.3 Å². The summed E-state index contributed by atoms with van der Waals surface area (Å²) in [6.07, 6.45) is 0. The topological polar surface area (TPSA) is 67.8 Å². The van der Waals surface area contributed by atoms with Crippen molar-refractivity contribution in [2.24, 2.45) is 0 Å². The molecule has 0 radical (unpaired) electrons. The van der Waals surface area contributed by atoms with Crippen LogP contribution in [0.25, 0.3) is 0 Å². The maximum absolute atomic E-state index is 13.0. The van der Waals surface area contributed by atoms with Gasteiger partial charge in [-0.2, -0.15) is 0 Å². The van der Waals surface area contributed by atoms with Crippen LogP contribution in [0.15, 0.2) is 24.3 Å². The number of hydrogen-bond acceptors (Lipinski definition) is 6. The Morgan fingerprint density at radius 2 is 1.75 bits per heavy atom. The van der Waals surface area contributed by atoms with E-state index >= 15 is 0 Å². The molecule has 1 saturated heterocycles. The number of methoxy groups -OCH3 is 2. The van der Waals surface area contributed by atoms with E-state index in [1.807, 2.05) is 17.9 Å². The van der Waals surface area contributed by atoms with Crippen molar-refractivity contribution < 1.29 is 14.3 Å². The molecular formula is C21H28N4O3. The Morgan fingerprint density at radius 1 is 1.04 bits per heavy atom. The van der Waals surface area contributed by atoms with Crippen LogP contribution in [0.5, 0.6) is 11.5 Å². The number of piperazine rings is 1. The minimum Gasteiger partial charge on any atom is -0.497 e. The van der Waals surface area contributed by atoms with Gasteiger partial charge in [0, 0.05) is 49.9 Å². The second-order valence-corrected chi connectivity index (χ2v) is 7.23. The standard InChI is InChI=1S/C21H28N4O3/c1-14(2)20-22-15(3)12-19(23-20)24-8-10-25(11-9-24)21(26)17-7-6-16(27-4)13-18(17)28-5/h6-7,12-14H,8-11H2,1-5H3. The Bertz CT molecular complexity index is 846. The number of aryl methyl sites for hydroxylation is 1. The number of carbonyl (C=O) groups is 1. The maximum atomic E-state index is 13.0. The number of aromatic nitrogens is 2. The molecule has 2 aromatic rings. The van der Waals surface area contributed by atoms with Crippen molar-refractivity contribution >= 4 is 11.7 Å². The molecule has 0 saturated carbocycles. The highest BCUT2D eigenvalue weighted by molar-refractivity contribution is 5.97. The number of amides is 1. The first-order valence-electron chi connectivity index (χ1n) is 9.54. The number of hydrogen-bond donors (Lipinski definition) is 0. The molecule has 150 valence electrons. The molecule has 1 aliphatic rings. The number of benzene rings is 1. The van der Waals surface area contributed by atoms with Gasteiger partial charge in [0.1, 0.15) is 23.1 Å². The highest BCUT2D eigenvalue weighted by Gasteiger charge is 2.25. The van der Waals surface area contributed by atoms with Gasteiger partial charge in [0.05, 0.1) is 19.8 Å². The fourth-order valence-corrected chi connectivity index (χ4v) is 3.28. The molecule has 0 spiro atoms. The van der Waals surface area contributed by atoms with Crippen LogP contribution in [-0.4, -0.2) is 61.2 Å². The third kappa shape index (κ3) is 4.18. The zero-order chi connectivity index (χ0) is 20.3. The maximum Gasteiger partial charge on any atom is 0.257 e. The number of ether oxygens (including phenoxy) is 2. The Kier molecular flexibility index (Phi) is 6.02. The second kappa shape index (κ2) is 8.46. The summed E-state index contributed by atoms with van der Waals surface area (Å²) < 4.78 is 10.6. The molecule has 7 nitrogen and oxygen atoms in total. The van der Waals surface area contributed by atoms with Crippen LogP contribution < -0.4 is 14.4 Å². The Balaban J connectivity index is 1.71. The molecule has 0 bridgehead atoms. The smallest absolute Gasteiger partial charge is 0.257 e. The summed E-state index contributed by atoms with van der Waals surface area (Å²) in [7, 11) is 3.16. The largest absolute Gasteiger partial charge is 0.497 e. The average molecular weight is 384 g/mol. The van der Waals surface area contributed by atoms with Gasteiger partial charge in [-0.05, 0) is 19.1 Å². The van der Waals surface area contributed by atoms with Crippen molar-refractivity contribution in [2.45, 2.75) is 26.7 Å². The summed E-state index contributed by atoms with van der Waals surface area (Å²) in [5, 5.41) is 0. The van der Waals surface area contributed by atoms with Gasteiger partial charge >= 0.3 is 0 Å². The van der Waals surface area contributed by atoms with Crippen molar-refractivity contribution in [3.63, 3.8) is 0 Å². The Hall–Kier alpha value is -2.83. The van der Waals surface area contributed by atoms with E-state index in [9.17, 15) is 4.79 Å². The summed E-state index contributed by atoms with van der Waals surface area (Å²) in [5.41, 5.74) is 1.52. The van der Waals surface area contributed by atoms with Crippen LogP contribution in [0.3, 0.4) is 0 Å². The van der Waals surface area contributed by atoms with Gasteiger partial charge < -0.3 is 19.3 Å². The van der Waals surface area contributed by atoms with Gasteiger partial charge in [0.15, 0.2) is 0 Å². The average Bonchev–Trinajstić information content (AvgIpc) is 2.72. The first-order valence-corrected chi connectivity index (χ1v) is 9.54. The number of nitrogens with zero attached hydrogens (tertiary/aromatic N) is 4. The zero-order valence-electron chi connectivity index (χ0n) is 17.2. The van der Waals surface area contributed by atoms with Crippen LogP contribution in [-0.2, 0) is 0 Å². The number of carbonyl (C=O) groups excluding carboxylic acids is 1. The van der Waals surface area contributed by atoms with Gasteiger partial charge in [0.2, 0.25) is 0 Å². The first kappa shape index (κ1) is 19.9. The normalized spacial score (nSPS) is 14.4. The van der Waals surface area contributed by atoms with E-state index in [-0.39, 0.29) is 11.8 Å². The van der Waals surface area contributed by atoms with E-state index < -0.39 is 0 Å². The lowest BCUT2D eigenvalue weighted by Crippen LogP contribution is -2.49. The van der Waals surface area contributed by atoms with Crippen molar-refractivity contribution in [3.8, 4) is 11.5 Å². The molecule has 28 heavy (non-hydrogen) atoms. The minimum absolute atomic E-state index is 0.0270. The zero-order valence-corrected chi connectivity index (χ0v) is 17.2. The summed E-state index contributed by atoms with van der Waals surface area (Å²) in [6.45, 7) is 8.92. The lowest BCUT2D eigenvalue weighted by atomic mass is 10.1. The summed E-state index contributed by atoms with van der Waals surface area (Å²) in [6, 6.07) is 7.29. The predicted octanol–water partition coefficient (Wildman–Crippen LogP) is 2.89. The fraction of sp³-hybridized carbons (Fsp3) is 0.476. The molecule has 0 atom stereocenters. The number of rotatable bonds is 5. The monoisotopic (exact) mass is 384 g/mol. The summed E-state index contributed by atoms with van der Waals surface area (Å²) in [5.74, 6) is 3.24. The van der Waals surface area contributed by atoms with Crippen LogP contribution in [0.2, 0.25) is 0 Å². The Morgan fingerprint density at radius 3 is 2.36 bits per heavy atom. The number of anilines is 1. The molecule has 0 unspecified atom stereocenters. The molecule has 3 rings (SSSR count). The van der Waals surface area contributed by atoms with E-state index in [2.05, 4.69) is 23.7 Å².